The van der Waals surface area contributed by atoms with Crippen LogP contribution in [0.2, 0.25) is 0 Å². The Morgan fingerprint density at radius 2 is 1.77 bits per heavy atom. The fraction of sp³-hybridized carbons (Fsp3) is 0.381. The number of benzene rings is 2. The highest BCUT2D eigenvalue weighted by Gasteiger charge is 2.23. The highest BCUT2D eigenvalue weighted by Crippen LogP contribution is 2.33. The number of nitrogens with one attached hydrogen (secondary N) is 1. The summed E-state index contributed by atoms with van der Waals surface area (Å²) in [6.45, 7) is 3.74. The highest BCUT2D eigenvalue weighted by atomic mass is 16.5. The van der Waals surface area contributed by atoms with Crippen LogP contribution in [0, 0.1) is 0 Å². The van der Waals surface area contributed by atoms with E-state index < -0.39 is 0 Å². The van der Waals surface area contributed by atoms with Gasteiger partial charge in [-0.1, -0.05) is 30.3 Å². The summed E-state index contributed by atoms with van der Waals surface area (Å²) in [6, 6.07) is 14.3. The van der Waals surface area contributed by atoms with Crippen molar-refractivity contribution in [3.8, 4) is 11.5 Å². The van der Waals surface area contributed by atoms with Crippen LogP contribution in [0.25, 0.3) is 0 Å². The first-order valence-corrected chi connectivity index (χ1v) is 8.92. The van der Waals surface area contributed by atoms with Crippen molar-refractivity contribution in [3.05, 3.63) is 59.2 Å². The van der Waals surface area contributed by atoms with Gasteiger partial charge < -0.3 is 19.7 Å². The Hall–Kier alpha value is -2.53. The predicted molar refractivity (Wildman–Crippen MR) is 102 cm³/mol. The average Bonchev–Trinajstić information content (AvgIpc) is 2.70. The van der Waals surface area contributed by atoms with Gasteiger partial charge >= 0.3 is 0 Å². The second-order valence-electron chi connectivity index (χ2n) is 6.55. The minimum absolute atomic E-state index is 0.119. The number of carbonyl (C=O) groups excluding carboxylic acids is 1. The van der Waals surface area contributed by atoms with E-state index in [1.54, 1.807) is 14.2 Å². The van der Waals surface area contributed by atoms with Crippen molar-refractivity contribution in [1.29, 1.82) is 0 Å². The van der Waals surface area contributed by atoms with Crippen molar-refractivity contribution in [2.75, 3.05) is 27.3 Å². The molecule has 3 rings (SSSR count). The van der Waals surface area contributed by atoms with Crippen molar-refractivity contribution >= 4 is 5.91 Å². The summed E-state index contributed by atoms with van der Waals surface area (Å²) < 4.78 is 10.8. The van der Waals surface area contributed by atoms with Gasteiger partial charge in [-0.15, -0.1) is 0 Å². The lowest BCUT2D eigenvalue weighted by Crippen LogP contribution is -2.41. The average molecular weight is 354 g/mol. The molecule has 1 amide bonds. The predicted octanol–water partition coefficient (Wildman–Crippen LogP) is 2.94. The zero-order chi connectivity index (χ0) is 18.5. The molecule has 1 aliphatic rings. The topological polar surface area (TPSA) is 50.8 Å². The molecule has 0 bridgehead atoms. The van der Waals surface area contributed by atoms with E-state index in [9.17, 15) is 4.79 Å². The van der Waals surface area contributed by atoms with Gasteiger partial charge in [-0.05, 0) is 42.2 Å². The maximum Gasteiger partial charge on any atom is 0.236 e. The molecule has 2 aromatic rings. The molecule has 0 aromatic heterocycles. The number of hydrogen-bond donors (Lipinski definition) is 1. The standard InChI is InChI=1S/C21H26N2O3/c1-15(16-7-5-4-6-8-16)22-13-21(24)23-10-9-17-11-19(25-2)20(26-3)12-18(17)14-23/h4-8,11-12,15,22H,9-10,13-14H2,1-3H3. The molecule has 1 aliphatic heterocycles. The Morgan fingerprint density at radius 3 is 2.42 bits per heavy atom. The third-order valence-corrected chi connectivity index (χ3v) is 4.93. The maximum absolute atomic E-state index is 12.6. The second kappa shape index (κ2) is 8.23. The fourth-order valence-electron chi connectivity index (χ4n) is 3.31. The van der Waals surface area contributed by atoms with Gasteiger partial charge in [-0.25, -0.2) is 0 Å². The lowest BCUT2D eigenvalue weighted by Gasteiger charge is -2.30. The van der Waals surface area contributed by atoms with Crippen molar-refractivity contribution in [2.24, 2.45) is 0 Å². The Morgan fingerprint density at radius 1 is 1.12 bits per heavy atom. The van der Waals surface area contributed by atoms with E-state index in [4.69, 9.17) is 9.47 Å². The molecule has 1 heterocycles. The Labute approximate surface area is 154 Å². The molecule has 0 saturated carbocycles. The number of amides is 1. The van der Waals surface area contributed by atoms with E-state index in [2.05, 4.69) is 24.4 Å². The molecular weight excluding hydrogens is 328 g/mol. The Kier molecular flexibility index (Phi) is 5.78. The molecule has 1 atom stereocenters. The summed E-state index contributed by atoms with van der Waals surface area (Å²) in [7, 11) is 3.27. The Balaban J connectivity index is 1.62. The fourth-order valence-corrected chi connectivity index (χ4v) is 3.31. The first-order chi connectivity index (χ1) is 12.6. The summed E-state index contributed by atoms with van der Waals surface area (Å²) in [5.74, 6) is 1.56. The number of fused-ring (bicyclic) bond motifs is 1. The normalized spacial score (nSPS) is 14.5. The summed E-state index contributed by atoms with van der Waals surface area (Å²) in [6.07, 6.45) is 0.829. The van der Waals surface area contributed by atoms with Crippen LogP contribution >= 0.6 is 0 Å². The van der Waals surface area contributed by atoms with Crippen molar-refractivity contribution in [3.63, 3.8) is 0 Å². The highest BCUT2D eigenvalue weighted by molar-refractivity contribution is 5.78. The van der Waals surface area contributed by atoms with Gasteiger partial charge in [0.1, 0.15) is 0 Å². The summed E-state index contributed by atoms with van der Waals surface area (Å²) in [5, 5.41) is 3.32. The number of ether oxygens (including phenoxy) is 2. The molecule has 26 heavy (non-hydrogen) atoms. The van der Waals surface area contributed by atoms with Gasteiger partial charge in [-0.2, -0.15) is 0 Å². The van der Waals surface area contributed by atoms with E-state index in [0.29, 0.717) is 18.8 Å². The van der Waals surface area contributed by atoms with Gasteiger partial charge in [-0.3, -0.25) is 4.79 Å². The van der Waals surface area contributed by atoms with Crippen molar-refractivity contribution in [1.82, 2.24) is 10.2 Å². The number of rotatable bonds is 6. The van der Waals surface area contributed by atoms with E-state index >= 15 is 0 Å². The monoisotopic (exact) mass is 354 g/mol. The van der Waals surface area contributed by atoms with E-state index in [0.717, 1.165) is 24.3 Å². The van der Waals surface area contributed by atoms with Crippen LogP contribution in [-0.4, -0.2) is 38.1 Å². The molecule has 1 unspecified atom stereocenters. The largest absolute Gasteiger partial charge is 0.493 e. The zero-order valence-corrected chi connectivity index (χ0v) is 15.6. The molecule has 1 N–H and O–H groups in total. The molecular formula is C21H26N2O3. The maximum atomic E-state index is 12.6. The van der Waals surface area contributed by atoms with E-state index in [1.807, 2.05) is 35.2 Å². The quantitative estimate of drug-likeness (QED) is 0.867. The Bertz CT molecular complexity index is 761. The second-order valence-corrected chi connectivity index (χ2v) is 6.55. The number of hydrogen-bond acceptors (Lipinski definition) is 4. The van der Waals surface area contributed by atoms with Gasteiger partial charge in [0.15, 0.2) is 11.5 Å². The van der Waals surface area contributed by atoms with Crippen LogP contribution < -0.4 is 14.8 Å². The molecule has 0 spiro atoms. The molecule has 2 aromatic carbocycles. The van der Waals surface area contributed by atoms with Gasteiger partial charge in [0.05, 0.1) is 20.8 Å². The molecule has 138 valence electrons. The van der Waals surface area contributed by atoms with E-state index in [1.165, 1.54) is 11.1 Å². The minimum atomic E-state index is 0.119. The molecule has 5 heteroatoms. The first-order valence-electron chi connectivity index (χ1n) is 8.92. The van der Waals surface area contributed by atoms with Crippen molar-refractivity contribution < 1.29 is 14.3 Å². The van der Waals surface area contributed by atoms with Crippen LogP contribution in [-0.2, 0) is 17.8 Å². The van der Waals surface area contributed by atoms with Crippen LogP contribution in [0.3, 0.4) is 0 Å². The zero-order valence-electron chi connectivity index (χ0n) is 15.6. The number of methoxy groups -OCH3 is 2. The molecule has 0 saturated heterocycles. The lowest BCUT2D eigenvalue weighted by molar-refractivity contribution is -0.131. The van der Waals surface area contributed by atoms with Gasteiger partial charge in [0.25, 0.3) is 0 Å². The summed E-state index contributed by atoms with van der Waals surface area (Å²) >= 11 is 0. The van der Waals surface area contributed by atoms with Crippen LogP contribution in [0.4, 0.5) is 0 Å². The molecule has 0 aliphatic carbocycles. The minimum Gasteiger partial charge on any atom is -0.493 e. The van der Waals surface area contributed by atoms with Gasteiger partial charge in [0, 0.05) is 19.1 Å². The third kappa shape index (κ3) is 3.99. The van der Waals surface area contributed by atoms with Crippen molar-refractivity contribution in [2.45, 2.75) is 25.9 Å². The SMILES string of the molecule is COc1cc2c(cc1OC)CN(C(=O)CNC(C)c1ccccc1)CC2. The third-order valence-electron chi connectivity index (χ3n) is 4.93. The smallest absolute Gasteiger partial charge is 0.236 e. The van der Waals surface area contributed by atoms with Crippen LogP contribution in [0.5, 0.6) is 11.5 Å². The number of nitrogens with zero attached hydrogens (tertiary/aromatic N) is 1. The van der Waals surface area contributed by atoms with Gasteiger partial charge in [0.2, 0.25) is 5.91 Å². The summed E-state index contributed by atoms with van der Waals surface area (Å²) in [5.41, 5.74) is 3.52. The lowest BCUT2D eigenvalue weighted by atomic mass is 9.98. The van der Waals surface area contributed by atoms with Crippen LogP contribution in [0.15, 0.2) is 42.5 Å². The molecule has 5 nitrogen and oxygen atoms in total. The summed E-state index contributed by atoms with van der Waals surface area (Å²) in [4.78, 5) is 14.5. The molecule has 0 fully saturated rings. The number of carbonyl (C=O) groups is 1. The van der Waals surface area contributed by atoms with E-state index in [-0.39, 0.29) is 11.9 Å². The molecule has 0 radical (unpaired) electrons. The van der Waals surface area contributed by atoms with Crippen LogP contribution in [0.1, 0.15) is 29.7 Å². The first kappa shape index (κ1) is 18.3.